The van der Waals surface area contributed by atoms with Crippen molar-refractivity contribution in [3.05, 3.63) is 26.4 Å². The first-order valence-electron chi connectivity index (χ1n) is 6.47. The van der Waals surface area contributed by atoms with Crippen molar-refractivity contribution in [2.45, 2.75) is 39.7 Å². The highest BCUT2D eigenvalue weighted by Gasteiger charge is 2.27. The smallest absolute Gasteiger partial charge is 0.331 e. The van der Waals surface area contributed by atoms with E-state index in [4.69, 9.17) is 0 Å². The number of aromatic amines is 1. The molecule has 1 atom stereocenters. The second kappa shape index (κ2) is 6.40. The number of methoxy groups -OCH3 is 1. The van der Waals surface area contributed by atoms with E-state index in [1.54, 1.807) is 6.92 Å². The quantitative estimate of drug-likeness (QED) is 0.769. The predicted octanol–water partition coefficient (Wildman–Crippen LogP) is 0.565. The number of carbonyl (C=O) groups is 1. The molecule has 1 rings (SSSR count). The molecule has 112 valence electrons. The van der Waals surface area contributed by atoms with Crippen LogP contribution in [0.1, 0.15) is 38.8 Å². The summed E-state index contributed by atoms with van der Waals surface area (Å²) in [6.45, 7) is 5.43. The third kappa shape index (κ3) is 3.09. The van der Waals surface area contributed by atoms with Gasteiger partial charge in [-0.3, -0.25) is 9.78 Å². The van der Waals surface area contributed by atoms with Crippen LogP contribution >= 0.6 is 0 Å². The van der Waals surface area contributed by atoms with Gasteiger partial charge in [0, 0.05) is 0 Å². The third-order valence-corrected chi connectivity index (χ3v) is 3.04. The number of carbonyl (C=O) groups excluding carboxylic acids is 1. The number of rotatable bonds is 5. The minimum absolute atomic E-state index is 0.0715. The zero-order chi connectivity index (χ0) is 15.4. The van der Waals surface area contributed by atoms with E-state index in [0.717, 1.165) is 4.57 Å². The molecule has 7 nitrogen and oxygen atoms in total. The maximum atomic E-state index is 11.9. The van der Waals surface area contributed by atoms with Gasteiger partial charge in [-0.15, -0.1) is 0 Å². The number of aromatic hydroxyl groups is 1. The number of esters is 1. The Morgan fingerprint density at radius 2 is 2.00 bits per heavy atom. The number of aromatic nitrogens is 2. The fraction of sp³-hybridized carbons (Fsp3) is 0.615. The first kappa shape index (κ1) is 16.0. The topological polar surface area (TPSA) is 101 Å². The largest absolute Gasteiger partial charge is 0.494 e. The van der Waals surface area contributed by atoms with Crippen LogP contribution < -0.4 is 11.2 Å². The van der Waals surface area contributed by atoms with Crippen molar-refractivity contribution < 1.29 is 14.6 Å². The third-order valence-electron chi connectivity index (χ3n) is 3.04. The van der Waals surface area contributed by atoms with Gasteiger partial charge in [0.15, 0.2) is 0 Å². The van der Waals surface area contributed by atoms with Crippen molar-refractivity contribution in [3.8, 4) is 5.88 Å². The monoisotopic (exact) mass is 284 g/mol. The first-order chi connectivity index (χ1) is 9.33. The van der Waals surface area contributed by atoms with E-state index in [2.05, 4.69) is 9.72 Å². The molecule has 0 aromatic carbocycles. The van der Waals surface area contributed by atoms with E-state index in [1.165, 1.54) is 7.11 Å². The molecule has 0 saturated heterocycles. The molecule has 1 heterocycles. The molecule has 2 N–H and O–H groups in total. The number of hydrogen-bond acceptors (Lipinski definition) is 5. The summed E-state index contributed by atoms with van der Waals surface area (Å²) >= 11 is 0. The lowest BCUT2D eigenvalue weighted by Gasteiger charge is -2.21. The Morgan fingerprint density at radius 3 is 2.45 bits per heavy atom. The molecule has 1 aromatic heterocycles. The van der Waals surface area contributed by atoms with Crippen LogP contribution in [0, 0.1) is 5.92 Å². The van der Waals surface area contributed by atoms with Crippen molar-refractivity contribution in [2.24, 2.45) is 5.92 Å². The van der Waals surface area contributed by atoms with Gasteiger partial charge in [-0.1, -0.05) is 20.8 Å². The van der Waals surface area contributed by atoms with Crippen molar-refractivity contribution in [2.75, 3.05) is 7.11 Å². The van der Waals surface area contributed by atoms with Crippen LogP contribution in [0.15, 0.2) is 9.59 Å². The lowest BCUT2D eigenvalue weighted by Crippen LogP contribution is -2.38. The summed E-state index contributed by atoms with van der Waals surface area (Å²) in [4.78, 5) is 37.5. The summed E-state index contributed by atoms with van der Waals surface area (Å²) in [6.07, 6.45) is 0.562. The van der Waals surface area contributed by atoms with E-state index >= 15 is 0 Å². The number of hydrogen-bond donors (Lipinski definition) is 2. The average Bonchev–Trinajstić information content (AvgIpc) is 2.36. The fourth-order valence-electron chi connectivity index (χ4n) is 2.07. The molecule has 20 heavy (non-hydrogen) atoms. The summed E-state index contributed by atoms with van der Waals surface area (Å²) < 4.78 is 5.57. The van der Waals surface area contributed by atoms with Crippen molar-refractivity contribution in [3.63, 3.8) is 0 Å². The van der Waals surface area contributed by atoms with Crippen LogP contribution in [-0.4, -0.2) is 27.7 Å². The second-order valence-corrected chi connectivity index (χ2v) is 4.95. The van der Waals surface area contributed by atoms with Crippen LogP contribution in [0.25, 0.3) is 0 Å². The summed E-state index contributed by atoms with van der Waals surface area (Å²) in [5, 5.41) is 10.1. The maximum Gasteiger partial charge on any atom is 0.331 e. The van der Waals surface area contributed by atoms with Gasteiger partial charge in [0.05, 0.1) is 12.7 Å². The molecule has 1 unspecified atom stereocenters. The van der Waals surface area contributed by atoms with E-state index in [1.807, 2.05) is 13.8 Å². The number of H-pyrrole nitrogens is 1. The average molecular weight is 284 g/mol. The van der Waals surface area contributed by atoms with E-state index in [9.17, 15) is 19.5 Å². The number of nitrogens with one attached hydrogen (secondary N) is 1. The molecular formula is C13H20N2O5. The molecule has 0 aliphatic rings. The van der Waals surface area contributed by atoms with E-state index < -0.39 is 29.1 Å². The Morgan fingerprint density at radius 1 is 1.40 bits per heavy atom. The minimum atomic E-state index is -0.963. The standard InChI is InChI=1S/C13H20N2O5/c1-5-8-10(16)14-13(19)15(11(8)17)9(6-7(2)3)12(18)20-4/h7,9,17H,5-6H2,1-4H3,(H,14,16,19). The summed E-state index contributed by atoms with van der Waals surface area (Å²) in [6, 6.07) is -0.963. The van der Waals surface area contributed by atoms with Crippen LogP contribution in [0.3, 0.4) is 0 Å². The van der Waals surface area contributed by atoms with E-state index in [0.29, 0.717) is 6.42 Å². The molecular weight excluding hydrogens is 264 g/mol. The van der Waals surface area contributed by atoms with Crippen molar-refractivity contribution >= 4 is 5.97 Å². The molecule has 1 aromatic rings. The molecule has 0 fully saturated rings. The fourth-order valence-corrected chi connectivity index (χ4v) is 2.07. The molecule has 0 aliphatic carbocycles. The Bertz CT molecular complexity index is 600. The zero-order valence-electron chi connectivity index (χ0n) is 12.1. The van der Waals surface area contributed by atoms with Gasteiger partial charge >= 0.3 is 11.7 Å². The molecule has 0 bridgehead atoms. The molecule has 7 heteroatoms. The van der Waals surface area contributed by atoms with Gasteiger partial charge in [-0.05, 0) is 18.8 Å². The minimum Gasteiger partial charge on any atom is -0.494 e. The Kier molecular flexibility index (Phi) is 5.12. The molecule has 0 saturated carbocycles. The summed E-state index contributed by atoms with van der Waals surface area (Å²) in [7, 11) is 1.21. The zero-order valence-corrected chi connectivity index (χ0v) is 12.1. The highest BCUT2D eigenvalue weighted by atomic mass is 16.5. The van der Waals surface area contributed by atoms with Gasteiger partial charge < -0.3 is 9.84 Å². The van der Waals surface area contributed by atoms with Crippen LogP contribution in [-0.2, 0) is 16.0 Å². The Labute approximate surface area is 116 Å². The van der Waals surface area contributed by atoms with E-state index in [-0.39, 0.29) is 17.9 Å². The Hall–Kier alpha value is -2.05. The highest BCUT2D eigenvalue weighted by Crippen LogP contribution is 2.23. The molecule has 0 radical (unpaired) electrons. The number of nitrogens with zero attached hydrogens (tertiary/aromatic N) is 1. The lowest BCUT2D eigenvalue weighted by atomic mass is 10.0. The normalized spacial score (nSPS) is 12.4. The lowest BCUT2D eigenvalue weighted by molar-refractivity contribution is -0.145. The SMILES string of the molecule is CCc1c(O)n(C(CC(C)C)C(=O)OC)c(=O)[nH]c1=O. The first-order valence-corrected chi connectivity index (χ1v) is 6.47. The highest BCUT2D eigenvalue weighted by molar-refractivity contribution is 5.74. The Balaban J connectivity index is 3.51. The second-order valence-electron chi connectivity index (χ2n) is 4.95. The number of ether oxygens (including phenoxy) is 1. The van der Waals surface area contributed by atoms with Crippen LogP contribution in [0.2, 0.25) is 0 Å². The van der Waals surface area contributed by atoms with Gasteiger partial charge in [0.2, 0.25) is 5.88 Å². The summed E-state index contributed by atoms with van der Waals surface area (Å²) in [5.74, 6) is -1.01. The maximum absolute atomic E-state index is 11.9. The van der Waals surface area contributed by atoms with Crippen LogP contribution in [0.5, 0.6) is 5.88 Å². The van der Waals surface area contributed by atoms with Crippen molar-refractivity contribution in [1.82, 2.24) is 9.55 Å². The van der Waals surface area contributed by atoms with Crippen molar-refractivity contribution in [1.29, 1.82) is 0 Å². The predicted molar refractivity (Wildman–Crippen MR) is 72.9 cm³/mol. The van der Waals surface area contributed by atoms with Gasteiger partial charge in [-0.25, -0.2) is 14.2 Å². The van der Waals surface area contributed by atoms with Crippen LogP contribution in [0.4, 0.5) is 0 Å². The molecule has 0 amide bonds. The van der Waals surface area contributed by atoms with Gasteiger partial charge in [-0.2, -0.15) is 0 Å². The molecule has 0 aliphatic heterocycles. The molecule has 0 spiro atoms. The van der Waals surface area contributed by atoms with Gasteiger partial charge in [0.1, 0.15) is 6.04 Å². The summed E-state index contributed by atoms with van der Waals surface area (Å²) in [5.41, 5.74) is -1.39. The van der Waals surface area contributed by atoms with Gasteiger partial charge in [0.25, 0.3) is 5.56 Å².